The molecule has 0 aromatic heterocycles. The molecule has 0 bridgehead atoms. The molecule has 1 aromatic carbocycles. The third-order valence-electron chi connectivity index (χ3n) is 4.15. The summed E-state index contributed by atoms with van der Waals surface area (Å²) in [5.74, 6) is 0. The Balaban J connectivity index is 1.66. The third-order valence-corrected chi connectivity index (χ3v) is 5.41. The van der Waals surface area contributed by atoms with Gasteiger partial charge in [0.15, 0.2) is 0 Å². The quantitative estimate of drug-likeness (QED) is 0.801. The van der Waals surface area contributed by atoms with Crippen LogP contribution in [0.25, 0.3) is 0 Å². The van der Waals surface area contributed by atoms with E-state index in [2.05, 4.69) is 6.07 Å². The molecule has 1 atom stereocenters. The summed E-state index contributed by atoms with van der Waals surface area (Å²) in [5, 5.41) is 0.573. The molecule has 4 heteroatoms. The molecular formula is C16H20O3S. The maximum Gasteiger partial charge on any atom is 0.150 e. The van der Waals surface area contributed by atoms with Gasteiger partial charge in [-0.3, -0.25) is 4.79 Å². The van der Waals surface area contributed by atoms with E-state index in [0.29, 0.717) is 5.25 Å². The van der Waals surface area contributed by atoms with Crippen molar-refractivity contribution in [3.8, 4) is 0 Å². The van der Waals surface area contributed by atoms with Crippen molar-refractivity contribution in [3.05, 3.63) is 29.8 Å². The first-order valence-electron chi connectivity index (χ1n) is 7.23. The minimum Gasteiger partial charge on any atom is -0.381 e. The molecule has 3 rings (SSSR count). The van der Waals surface area contributed by atoms with E-state index >= 15 is 0 Å². The van der Waals surface area contributed by atoms with Gasteiger partial charge in [-0.15, -0.1) is 11.8 Å². The van der Waals surface area contributed by atoms with Crippen LogP contribution in [-0.4, -0.2) is 37.0 Å². The van der Waals surface area contributed by atoms with E-state index in [-0.39, 0.29) is 5.60 Å². The van der Waals surface area contributed by atoms with Crippen LogP contribution < -0.4 is 0 Å². The smallest absolute Gasteiger partial charge is 0.150 e. The van der Waals surface area contributed by atoms with Crippen molar-refractivity contribution in [2.45, 2.75) is 41.4 Å². The number of rotatable bonds is 3. The molecule has 0 amide bonds. The monoisotopic (exact) mass is 292 g/mol. The van der Waals surface area contributed by atoms with Gasteiger partial charge in [-0.25, -0.2) is 0 Å². The molecule has 2 saturated heterocycles. The van der Waals surface area contributed by atoms with E-state index in [1.54, 1.807) is 0 Å². The Bertz CT molecular complexity index is 463. The zero-order valence-corrected chi connectivity index (χ0v) is 12.4. The predicted molar refractivity (Wildman–Crippen MR) is 79.4 cm³/mol. The normalized spacial score (nSPS) is 25.5. The van der Waals surface area contributed by atoms with Crippen molar-refractivity contribution in [2.75, 3.05) is 19.8 Å². The minimum absolute atomic E-state index is 0.0381. The van der Waals surface area contributed by atoms with E-state index in [1.807, 2.05) is 30.0 Å². The van der Waals surface area contributed by atoms with Crippen molar-refractivity contribution in [1.82, 2.24) is 0 Å². The van der Waals surface area contributed by atoms with Crippen LogP contribution in [0.3, 0.4) is 0 Å². The molecule has 2 aliphatic rings. The molecule has 1 spiro atoms. The van der Waals surface area contributed by atoms with Crippen LogP contribution in [0.1, 0.15) is 36.0 Å². The molecule has 2 fully saturated rings. The molecule has 0 N–H and O–H groups in total. The maximum absolute atomic E-state index is 10.8. The highest BCUT2D eigenvalue weighted by molar-refractivity contribution is 8.00. The SMILES string of the molecule is O=Cc1cccc(SC2CCOC3(CCOCC3)C2)c1. The Morgan fingerprint density at radius 1 is 1.25 bits per heavy atom. The average molecular weight is 292 g/mol. The van der Waals surface area contributed by atoms with Gasteiger partial charge in [-0.05, 0) is 37.8 Å². The van der Waals surface area contributed by atoms with E-state index in [9.17, 15) is 4.79 Å². The number of benzene rings is 1. The van der Waals surface area contributed by atoms with E-state index in [4.69, 9.17) is 9.47 Å². The van der Waals surface area contributed by atoms with Gasteiger partial charge in [0.05, 0.1) is 5.60 Å². The minimum atomic E-state index is 0.0381. The fourth-order valence-corrected chi connectivity index (χ4v) is 4.38. The second kappa shape index (κ2) is 6.29. The highest BCUT2D eigenvalue weighted by Gasteiger charge is 2.39. The van der Waals surface area contributed by atoms with Crippen molar-refractivity contribution >= 4 is 18.0 Å². The van der Waals surface area contributed by atoms with Crippen molar-refractivity contribution in [1.29, 1.82) is 0 Å². The molecular weight excluding hydrogens is 272 g/mol. The fraction of sp³-hybridized carbons (Fsp3) is 0.562. The summed E-state index contributed by atoms with van der Waals surface area (Å²) in [6.45, 7) is 2.47. The van der Waals surface area contributed by atoms with Crippen LogP contribution in [0.2, 0.25) is 0 Å². The Kier molecular flexibility index (Phi) is 4.44. The molecule has 0 aliphatic carbocycles. The molecule has 108 valence electrons. The van der Waals surface area contributed by atoms with Crippen LogP contribution in [0, 0.1) is 0 Å². The number of carbonyl (C=O) groups excluding carboxylic acids is 1. The lowest BCUT2D eigenvalue weighted by Gasteiger charge is -2.43. The first-order valence-corrected chi connectivity index (χ1v) is 8.11. The van der Waals surface area contributed by atoms with Gasteiger partial charge in [-0.2, -0.15) is 0 Å². The highest BCUT2D eigenvalue weighted by Crippen LogP contribution is 2.40. The van der Waals surface area contributed by atoms with Crippen LogP contribution >= 0.6 is 11.8 Å². The second-order valence-electron chi connectivity index (χ2n) is 5.57. The summed E-state index contributed by atoms with van der Waals surface area (Å²) in [4.78, 5) is 12.0. The van der Waals surface area contributed by atoms with Gasteiger partial charge in [-0.1, -0.05) is 12.1 Å². The number of hydrogen-bond acceptors (Lipinski definition) is 4. The predicted octanol–water partition coefficient (Wildman–Crippen LogP) is 3.32. The standard InChI is InChI=1S/C16H20O3S/c17-12-13-2-1-3-14(10-13)20-15-4-7-19-16(11-15)5-8-18-9-6-16/h1-3,10,12,15H,4-9,11H2. The second-order valence-corrected chi connectivity index (χ2v) is 6.94. The van der Waals surface area contributed by atoms with Crippen LogP contribution in [0.4, 0.5) is 0 Å². The average Bonchev–Trinajstić information content (AvgIpc) is 2.48. The van der Waals surface area contributed by atoms with E-state index in [1.165, 1.54) is 4.90 Å². The number of hydrogen-bond donors (Lipinski definition) is 0. The lowest BCUT2D eigenvalue weighted by atomic mass is 9.86. The van der Waals surface area contributed by atoms with Crippen LogP contribution in [0.5, 0.6) is 0 Å². The van der Waals surface area contributed by atoms with Gasteiger partial charge in [0.1, 0.15) is 6.29 Å². The number of thioether (sulfide) groups is 1. The molecule has 2 aliphatic heterocycles. The van der Waals surface area contributed by atoms with Gasteiger partial charge >= 0.3 is 0 Å². The third kappa shape index (κ3) is 3.25. The van der Waals surface area contributed by atoms with Crippen molar-refractivity contribution in [3.63, 3.8) is 0 Å². The first-order chi connectivity index (χ1) is 9.80. The summed E-state index contributed by atoms with van der Waals surface area (Å²) < 4.78 is 11.5. The maximum atomic E-state index is 10.8. The number of aldehydes is 1. The Morgan fingerprint density at radius 3 is 2.90 bits per heavy atom. The highest BCUT2D eigenvalue weighted by atomic mass is 32.2. The summed E-state index contributed by atoms with van der Waals surface area (Å²) in [5.41, 5.74) is 0.791. The molecule has 2 heterocycles. The lowest BCUT2D eigenvalue weighted by molar-refractivity contribution is -0.131. The number of ether oxygens (including phenoxy) is 2. The van der Waals surface area contributed by atoms with Gasteiger partial charge in [0.25, 0.3) is 0 Å². The van der Waals surface area contributed by atoms with Crippen molar-refractivity contribution in [2.24, 2.45) is 0 Å². The Labute approximate surface area is 124 Å². The number of carbonyl (C=O) groups is 1. The first kappa shape index (κ1) is 14.1. The Hall–Kier alpha value is -0.840. The molecule has 0 radical (unpaired) electrons. The van der Waals surface area contributed by atoms with Gasteiger partial charge in [0, 0.05) is 35.5 Å². The zero-order chi connectivity index (χ0) is 13.8. The summed E-state index contributed by atoms with van der Waals surface area (Å²) in [6.07, 6.45) is 5.11. The molecule has 0 saturated carbocycles. The lowest BCUT2D eigenvalue weighted by Crippen LogP contribution is -2.45. The van der Waals surface area contributed by atoms with Gasteiger partial charge < -0.3 is 9.47 Å². The topological polar surface area (TPSA) is 35.5 Å². The Morgan fingerprint density at radius 2 is 2.10 bits per heavy atom. The molecule has 3 nitrogen and oxygen atoms in total. The summed E-state index contributed by atoms with van der Waals surface area (Å²) in [6, 6.07) is 7.87. The van der Waals surface area contributed by atoms with Crippen molar-refractivity contribution < 1.29 is 14.3 Å². The summed E-state index contributed by atoms with van der Waals surface area (Å²) in [7, 11) is 0. The van der Waals surface area contributed by atoms with E-state index in [0.717, 1.165) is 57.4 Å². The van der Waals surface area contributed by atoms with Crippen LogP contribution in [0.15, 0.2) is 29.2 Å². The summed E-state index contributed by atoms with van der Waals surface area (Å²) >= 11 is 1.88. The van der Waals surface area contributed by atoms with Gasteiger partial charge in [0.2, 0.25) is 0 Å². The molecule has 20 heavy (non-hydrogen) atoms. The molecule has 1 aromatic rings. The van der Waals surface area contributed by atoms with Crippen LogP contribution in [-0.2, 0) is 9.47 Å². The zero-order valence-electron chi connectivity index (χ0n) is 11.5. The largest absolute Gasteiger partial charge is 0.381 e. The molecule has 1 unspecified atom stereocenters. The van der Waals surface area contributed by atoms with E-state index < -0.39 is 0 Å². The fourth-order valence-electron chi connectivity index (χ4n) is 3.03.